The van der Waals surface area contributed by atoms with Crippen molar-refractivity contribution in [2.45, 2.75) is 84.2 Å². The molecule has 0 N–H and O–H groups in total. The average Bonchev–Trinajstić information content (AvgIpc) is 3.44. The van der Waals surface area contributed by atoms with Gasteiger partial charge in [0.2, 0.25) is 11.7 Å². The van der Waals surface area contributed by atoms with E-state index < -0.39 is 0 Å². The molecule has 0 aliphatic heterocycles. The van der Waals surface area contributed by atoms with Gasteiger partial charge in [0, 0.05) is 24.8 Å². The molecule has 2 aromatic rings. The van der Waals surface area contributed by atoms with E-state index in [2.05, 4.69) is 25.1 Å². The first-order valence-electron chi connectivity index (χ1n) is 13.1. The van der Waals surface area contributed by atoms with Gasteiger partial charge in [-0.05, 0) is 73.5 Å². The highest BCUT2D eigenvalue weighted by Gasteiger charge is 2.60. The van der Waals surface area contributed by atoms with Crippen LogP contribution in [0.4, 0.5) is 0 Å². The lowest BCUT2D eigenvalue weighted by Gasteiger charge is -2.57. The predicted octanol–water partition coefficient (Wildman–Crippen LogP) is 6.71. The molecule has 5 nitrogen and oxygen atoms in total. The molecule has 5 heteroatoms. The highest BCUT2D eigenvalue weighted by Crippen LogP contribution is 2.67. The molecule has 3 saturated carbocycles. The van der Waals surface area contributed by atoms with Crippen LogP contribution >= 0.6 is 0 Å². The first-order valence-corrected chi connectivity index (χ1v) is 13.1. The molecule has 6 rings (SSSR count). The summed E-state index contributed by atoms with van der Waals surface area (Å²) in [5, 5.41) is 4.34. The summed E-state index contributed by atoms with van der Waals surface area (Å²) < 4.78 is 11.5. The van der Waals surface area contributed by atoms with E-state index >= 15 is 0 Å². The van der Waals surface area contributed by atoms with Crippen molar-refractivity contribution < 1.29 is 14.1 Å². The van der Waals surface area contributed by atoms with Crippen molar-refractivity contribution in [3.05, 3.63) is 47.9 Å². The minimum Gasteiger partial charge on any atom is -0.462 e. The molecule has 4 aliphatic rings. The zero-order chi connectivity index (χ0) is 23.5. The standard InChI is InChI=1S/C29H36N2O3/c1-18(32)33-21-13-15-28(2)20(17-21)9-10-22-23-11-12-25(29(23,3)16-14-24(22)28)27-30-26(31-34-27)19-7-5-4-6-8-19/h4-9,21-25H,10-17H2,1-3H3/t21-,22-,23-,24-,25+,28-,29-/m0/s1. The molecule has 34 heavy (non-hydrogen) atoms. The zero-order valence-corrected chi connectivity index (χ0v) is 20.6. The van der Waals surface area contributed by atoms with Crippen LogP contribution in [0.25, 0.3) is 11.4 Å². The number of rotatable bonds is 3. The highest BCUT2D eigenvalue weighted by atomic mass is 16.5. The van der Waals surface area contributed by atoms with Crippen LogP contribution < -0.4 is 0 Å². The fourth-order valence-electron chi connectivity index (χ4n) is 8.45. The normalized spacial score (nSPS) is 38.9. The number of allylic oxidation sites excluding steroid dienone is 1. The van der Waals surface area contributed by atoms with Gasteiger partial charge in [0.1, 0.15) is 6.10 Å². The van der Waals surface area contributed by atoms with Crippen molar-refractivity contribution >= 4 is 5.97 Å². The lowest BCUT2D eigenvalue weighted by Crippen LogP contribution is -2.50. The second kappa shape index (κ2) is 8.07. The van der Waals surface area contributed by atoms with E-state index in [0.717, 1.165) is 55.4 Å². The minimum absolute atomic E-state index is 0.0643. The second-order valence-electron chi connectivity index (χ2n) is 11.7. The van der Waals surface area contributed by atoms with Gasteiger partial charge in [-0.2, -0.15) is 4.98 Å². The lowest BCUT2D eigenvalue weighted by molar-refractivity contribution is -0.148. The highest BCUT2D eigenvalue weighted by molar-refractivity contribution is 5.66. The van der Waals surface area contributed by atoms with Gasteiger partial charge in [-0.1, -0.05) is 61.0 Å². The Hall–Kier alpha value is -2.43. The largest absolute Gasteiger partial charge is 0.462 e. The van der Waals surface area contributed by atoms with Gasteiger partial charge >= 0.3 is 5.97 Å². The van der Waals surface area contributed by atoms with Crippen molar-refractivity contribution in [1.82, 2.24) is 10.1 Å². The molecule has 4 aliphatic carbocycles. The Morgan fingerprint density at radius 3 is 2.68 bits per heavy atom. The van der Waals surface area contributed by atoms with Gasteiger partial charge in [-0.3, -0.25) is 4.79 Å². The quantitative estimate of drug-likeness (QED) is 0.376. The summed E-state index contributed by atoms with van der Waals surface area (Å²) in [5.41, 5.74) is 3.04. The van der Waals surface area contributed by atoms with Gasteiger partial charge in [-0.15, -0.1) is 0 Å². The predicted molar refractivity (Wildman–Crippen MR) is 130 cm³/mol. The Morgan fingerprint density at radius 2 is 1.88 bits per heavy atom. The van der Waals surface area contributed by atoms with Crippen LogP contribution in [0, 0.1) is 28.6 Å². The van der Waals surface area contributed by atoms with Gasteiger partial charge in [0.05, 0.1) is 0 Å². The fraction of sp³-hybridized carbons (Fsp3) is 0.621. The summed E-state index contributed by atoms with van der Waals surface area (Å²) in [6.07, 6.45) is 11.7. The smallest absolute Gasteiger partial charge is 0.302 e. The summed E-state index contributed by atoms with van der Waals surface area (Å²) >= 11 is 0. The van der Waals surface area contributed by atoms with Crippen LogP contribution in [-0.2, 0) is 9.53 Å². The Labute approximate surface area is 202 Å². The Bertz CT molecular complexity index is 1110. The van der Waals surface area contributed by atoms with E-state index in [1.165, 1.54) is 26.2 Å². The van der Waals surface area contributed by atoms with Gasteiger partial charge in [-0.25, -0.2) is 0 Å². The number of benzene rings is 1. The summed E-state index contributed by atoms with van der Waals surface area (Å²) in [7, 11) is 0. The molecular formula is C29H36N2O3. The molecule has 0 saturated heterocycles. The Morgan fingerprint density at radius 1 is 1.06 bits per heavy atom. The molecule has 7 atom stereocenters. The number of carbonyl (C=O) groups excluding carboxylic acids is 1. The van der Waals surface area contributed by atoms with Gasteiger partial charge in [0.25, 0.3) is 0 Å². The lowest BCUT2D eigenvalue weighted by atomic mass is 9.47. The molecular weight excluding hydrogens is 424 g/mol. The average molecular weight is 461 g/mol. The zero-order valence-electron chi connectivity index (χ0n) is 20.6. The van der Waals surface area contributed by atoms with E-state index in [0.29, 0.717) is 17.7 Å². The monoisotopic (exact) mass is 460 g/mol. The van der Waals surface area contributed by atoms with E-state index in [9.17, 15) is 4.79 Å². The van der Waals surface area contributed by atoms with Crippen LogP contribution in [0.1, 0.15) is 83.9 Å². The number of nitrogens with zero attached hydrogens (tertiary/aromatic N) is 2. The van der Waals surface area contributed by atoms with E-state index in [1.807, 2.05) is 30.3 Å². The van der Waals surface area contributed by atoms with Crippen LogP contribution in [-0.4, -0.2) is 22.2 Å². The molecule has 180 valence electrons. The van der Waals surface area contributed by atoms with Gasteiger partial charge in [0.15, 0.2) is 0 Å². The van der Waals surface area contributed by atoms with E-state index in [1.54, 1.807) is 5.57 Å². The molecule has 0 radical (unpaired) electrons. The van der Waals surface area contributed by atoms with Crippen LogP contribution in [0.3, 0.4) is 0 Å². The summed E-state index contributed by atoms with van der Waals surface area (Å²) in [5.74, 6) is 3.89. The van der Waals surface area contributed by atoms with Crippen molar-refractivity contribution in [2.24, 2.45) is 28.6 Å². The molecule has 0 amide bonds. The van der Waals surface area contributed by atoms with Crippen molar-refractivity contribution in [3.63, 3.8) is 0 Å². The summed E-state index contributed by atoms with van der Waals surface area (Å²) in [4.78, 5) is 16.4. The molecule has 3 fully saturated rings. The summed E-state index contributed by atoms with van der Waals surface area (Å²) in [6.45, 7) is 6.53. The topological polar surface area (TPSA) is 65.2 Å². The van der Waals surface area contributed by atoms with Crippen molar-refractivity contribution in [2.75, 3.05) is 0 Å². The molecule has 0 bridgehead atoms. The first-order chi connectivity index (χ1) is 16.4. The number of aromatic nitrogens is 2. The molecule has 1 aromatic carbocycles. The van der Waals surface area contributed by atoms with Crippen molar-refractivity contribution in [3.8, 4) is 11.4 Å². The van der Waals surface area contributed by atoms with Crippen LogP contribution in [0.2, 0.25) is 0 Å². The third kappa shape index (κ3) is 3.37. The Kier molecular flexibility index (Phi) is 5.23. The maximum absolute atomic E-state index is 11.5. The van der Waals surface area contributed by atoms with Crippen LogP contribution in [0.15, 0.2) is 46.5 Å². The number of esters is 1. The number of fused-ring (bicyclic) bond motifs is 5. The number of ether oxygens (including phenoxy) is 1. The number of carbonyl (C=O) groups is 1. The Balaban J connectivity index is 1.24. The number of hydrogen-bond donors (Lipinski definition) is 0. The molecule has 1 heterocycles. The van der Waals surface area contributed by atoms with Crippen molar-refractivity contribution in [1.29, 1.82) is 0 Å². The maximum atomic E-state index is 11.5. The number of hydrogen-bond acceptors (Lipinski definition) is 5. The third-order valence-electron chi connectivity index (χ3n) is 10.2. The third-order valence-corrected chi connectivity index (χ3v) is 10.2. The first kappa shape index (κ1) is 22.1. The second-order valence-corrected chi connectivity index (χ2v) is 11.7. The summed E-state index contributed by atoms with van der Waals surface area (Å²) in [6, 6.07) is 10.1. The molecule has 0 spiro atoms. The fourth-order valence-corrected chi connectivity index (χ4v) is 8.45. The minimum atomic E-state index is -0.148. The van der Waals surface area contributed by atoms with E-state index in [-0.39, 0.29) is 22.9 Å². The van der Waals surface area contributed by atoms with E-state index in [4.69, 9.17) is 14.2 Å². The molecule has 0 unspecified atom stereocenters. The van der Waals surface area contributed by atoms with Crippen LogP contribution in [0.5, 0.6) is 0 Å². The van der Waals surface area contributed by atoms with Gasteiger partial charge < -0.3 is 9.26 Å². The SMILES string of the molecule is CC(=O)O[C@H]1CC[C@@]2(C)C(=CC[C@H]3[C@@H]4CC[C@H](c5nc(-c6ccccc6)no5)[C@@]4(C)CC[C@@H]32)C1. The molecule has 1 aromatic heterocycles. The maximum Gasteiger partial charge on any atom is 0.302 e.